The zero-order valence-electron chi connectivity index (χ0n) is 6.99. The van der Waals surface area contributed by atoms with Gasteiger partial charge in [-0.2, -0.15) is 0 Å². The molecule has 0 spiro atoms. The van der Waals surface area contributed by atoms with Crippen LogP contribution < -0.4 is 0 Å². The number of hydrogen-bond acceptors (Lipinski definition) is 0. The minimum atomic E-state index is 1.02. The number of rotatable bonds is 0. The predicted molar refractivity (Wildman–Crippen MR) is 42.1 cm³/mol. The second-order valence-electron chi connectivity index (χ2n) is 2.72. The molecule has 1 heterocycles. The maximum atomic E-state index is 5.44. The Kier molecular flexibility index (Phi) is 1.75. The molecule has 0 unspecified atom stereocenters. The van der Waals surface area contributed by atoms with Gasteiger partial charge in [0.25, 0.3) is 0 Å². The van der Waals surface area contributed by atoms with Crippen molar-refractivity contribution in [2.45, 2.75) is 27.7 Å². The molecule has 0 saturated heterocycles. The van der Waals surface area contributed by atoms with Crippen molar-refractivity contribution in [3.63, 3.8) is 0 Å². The monoisotopic (exact) mass is 137 g/mol. The van der Waals surface area contributed by atoms with Crippen molar-refractivity contribution < 1.29 is 4.42 Å². The first-order valence-electron chi connectivity index (χ1n) is 3.49. The Morgan fingerprint density at radius 3 is 1.60 bits per heavy atom. The summed E-state index contributed by atoms with van der Waals surface area (Å²) in [6, 6.07) is 2.15. The van der Waals surface area contributed by atoms with Crippen LogP contribution in [0.3, 0.4) is 0 Å². The van der Waals surface area contributed by atoms with Crippen LogP contribution in [0.15, 0.2) is 10.5 Å². The molecule has 1 heteroatoms. The largest absolute Gasteiger partial charge is 0.329 e. The lowest BCUT2D eigenvalue weighted by Gasteiger charge is -1.91. The first kappa shape index (κ1) is 7.26. The zero-order chi connectivity index (χ0) is 7.72. The molecule has 0 atom stereocenters. The van der Waals surface area contributed by atoms with E-state index in [9.17, 15) is 0 Å². The van der Waals surface area contributed by atoms with Gasteiger partial charge in [-0.15, -0.1) is 0 Å². The van der Waals surface area contributed by atoms with E-state index in [1.54, 1.807) is 0 Å². The van der Waals surface area contributed by atoms with Crippen LogP contribution in [0, 0.1) is 27.7 Å². The van der Waals surface area contributed by atoms with Crippen LogP contribution in [-0.4, -0.2) is 0 Å². The minimum Gasteiger partial charge on any atom is -0.218 e. The lowest BCUT2D eigenvalue weighted by atomic mass is 10.2. The van der Waals surface area contributed by atoms with Gasteiger partial charge in [-0.1, -0.05) is 0 Å². The molecule has 0 bridgehead atoms. The van der Waals surface area contributed by atoms with E-state index in [-0.39, 0.29) is 0 Å². The summed E-state index contributed by atoms with van der Waals surface area (Å²) in [6.45, 7) is 8.10. The second kappa shape index (κ2) is 2.41. The summed E-state index contributed by atoms with van der Waals surface area (Å²) in [5.41, 5.74) is 2.45. The SMILES string of the molecule is Cc1cc(C)c(C)[o+]c1C. The summed E-state index contributed by atoms with van der Waals surface area (Å²) in [5, 5.41) is 0. The molecular formula is C9H13O+. The van der Waals surface area contributed by atoms with Crippen LogP contribution >= 0.6 is 0 Å². The maximum Gasteiger partial charge on any atom is 0.329 e. The second-order valence-corrected chi connectivity index (χ2v) is 2.72. The number of hydrogen-bond donors (Lipinski definition) is 0. The summed E-state index contributed by atoms with van der Waals surface area (Å²) in [5.74, 6) is 2.03. The van der Waals surface area contributed by atoms with Crippen molar-refractivity contribution in [1.82, 2.24) is 0 Å². The van der Waals surface area contributed by atoms with Crippen LogP contribution in [0.2, 0.25) is 0 Å². The molecule has 54 valence electrons. The minimum absolute atomic E-state index is 1.02. The summed E-state index contributed by atoms with van der Waals surface area (Å²) in [7, 11) is 0. The van der Waals surface area contributed by atoms with E-state index in [1.165, 1.54) is 11.1 Å². The molecule has 0 aliphatic rings. The molecule has 0 amide bonds. The third-order valence-electron chi connectivity index (χ3n) is 1.85. The Labute approximate surface area is 61.7 Å². The van der Waals surface area contributed by atoms with Gasteiger partial charge in [0.1, 0.15) is 0 Å². The Hall–Kier alpha value is -0.850. The molecule has 0 aliphatic heterocycles. The molecule has 1 nitrogen and oxygen atoms in total. The van der Waals surface area contributed by atoms with Crippen molar-refractivity contribution in [2.75, 3.05) is 0 Å². The molecule has 0 radical (unpaired) electrons. The summed E-state index contributed by atoms with van der Waals surface area (Å²) in [6.07, 6.45) is 0. The van der Waals surface area contributed by atoms with E-state index >= 15 is 0 Å². The average Bonchev–Trinajstić information content (AvgIpc) is 1.84. The molecule has 0 aliphatic carbocycles. The van der Waals surface area contributed by atoms with Crippen molar-refractivity contribution in [3.05, 3.63) is 28.7 Å². The van der Waals surface area contributed by atoms with E-state index < -0.39 is 0 Å². The van der Waals surface area contributed by atoms with Gasteiger partial charge < -0.3 is 0 Å². The quantitative estimate of drug-likeness (QED) is 0.500. The summed E-state index contributed by atoms with van der Waals surface area (Å²) < 4.78 is 5.44. The molecule has 1 aromatic heterocycles. The van der Waals surface area contributed by atoms with Crippen molar-refractivity contribution in [1.29, 1.82) is 0 Å². The Balaban J connectivity index is 3.28. The first-order chi connectivity index (χ1) is 4.61. The highest BCUT2D eigenvalue weighted by atomic mass is 16.3. The van der Waals surface area contributed by atoms with Gasteiger partial charge in [0, 0.05) is 11.1 Å². The van der Waals surface area contributed by atoms with Gasteiger partial charge in [-0.05, 0) is 19.9 Å². The van der Waals surface area contributed by atoms with E-state index in [1.807, 2.05) is 13.8 Å². The average molecular weight is 137 g/mol. The molecule has 0 N–H and O–H groups in total. The smallest absolute Gasteiger partial charge is 0.218 e. The first-order valence-corrected chi connectivity index (χ1v) is 3.49. The predicted octanol–water partition coefficient (Wildman–Crippen LogP) is 2.79. The van der Waals surface area contributed by atoms with Gasteiger partial charge in [0.05, 0.1) is 13.8 Å². The van der Waals surface area contributed by atoms with E-state index in [0.29, 0.717) is 0 Å². The fourth-order valence-corrected chi connectivity index (χ4v) is 0.919. The third kappa shape index (κ3) is 1.18. The fourth-order valence-electron chi connectivity index (χ4n) is 0.919. The van der Waals surface area contributed by atoms with Gasteiger partial charge in [-0.25, -0.2) is 4.42 Å². The molecule has 1 aromatic rings. The van der Waals surface area contributed by atoms with Gasteiger partial charge in [0.15, 0.2) is 0 Å². The highest BCUT2D eigenvalue weighted by Crippen LogP contribution is 2.13. The van der Waals surface area contributed by atoms with Gasteiger partial charge in [0.2, 0.25) is 0 Å². The normalized spacial score (nSPS) is 10.0. The maximum absolute atomic E-state index is 5.44. The molecule has 10 heavy (non-hydrogen) atoms. The third-order valence-corrected chi connectivity index (χ3v) is 1.85. The lowest BCUT2D eigenvalue weighted by molar-refractivity contribution is 0.477. The molecule has 0 saturated carbocycles. The standard InChI is InChI=1S/C9H13O/c1-6-5-7(2)9(4)10-8(6)3/h5H,1-4H3/q+1. The van der Waals surface area contributed by atoms with Crippen molar-refractivity contribution >= 4 is 0 Å². The zero-order valence-corrected chi connectivity index (χ0v) is 6.99. The Morgan fingerprint density at radius 2 is 1.30 bits per heavy atom. The van der Waals surface area contributed by atoms with Crippen LogP contribution in [0.5, 0.6) is 0 Å². The highest BCUT2D eigenvalue weighted by Gasteiger charge is 2.10. The van der Waals surface area contributed by atoms with E-state index in [2.05, 4.69) is 19.9 Å². The van der Waals surface area contributed by atoms with E-state index in [0.717, 1.165) is 11.5 Å². The summed E-state index contributed by atoms with van der Waals surface area (Å²) in [4.78, 5) is 0. The number of aryl methyl sites for hydroxylation is 4. The van der Waals surface area contributed by atoms with Crippen LogP contribution in [0.1, 0.15) is 22.6 Å². The molecule has 0 fully saturated rings. The highest BCUT2D eigenvalue weighted by molar-refractivity contribution is 5.23. The topological polar surface area (TPSA) is 11.3 Å². The Bertz CT molecular complexity index is 201. The van der Waals surface area contributed by atoms with Crippen LogP contribution in [-0.2, 0) is 0 Å². The summed E-state index contributed by atoms with van der Waals surface area (Å²) >= 11 is 0. The van der Waals surface area contributed by atoms with Crippen LogP contribution in [0.25, 0.3) is 0 Å². The molecular weight excluding hydrogens is 124 g/mol. The lowest BCUT2D eigenvalue weighted by Crippen LogP contribution is -1.86. The Morgan fingerprint density at radius 1 is 0.900 bits per heavy atom. The van der Waals surface area contributed by atoms with Crippen molar-refractivity contribution in [2.24, 2.45) is 0 Å². The van der Waals surface area contributed by atoms with E-state index in [4.69, 9.17) is 4.42 Å². The molecule has 1 rings (SSSR count). The van der Waals surface area contributed by atoms with Crippen molar-refractivity contribution in [3.8, 4) is 0 Å². The van der Waals surface area contributed by atoms with Crippen LogP contribution in [0.4, 0.5) is 0 Å². The molecule has 0 aromatic carbocycles. The van der Waals surface area contributed by atoms with Gasteiger partial charge in [-0.3, -0.25) is 0 Å². The van der Waals surface area contributed by atoms with Gasteiger partial charge >= 0.3 is 11.5 Å². The fraction of sp³-hybridized carbons (Fsp3) is 0.444.